The second-order valence-corrected chi connectivity index (χ2v) is 10.5. The number of hydrogen-bond donors (Lipinski definition) is 1. The van der Waals surface area contributed by atoms with Crippen LogP contribution in [-0.2, 0) is 14.4 Å². The van der Waals surface area contributed by atoms with Gasteiger partial charge >= 0.3 is 6.03 Å². The summed E-state index contributed by atoms with van der Waals surface area (Å²) in [5, 5.41) is 2.96. The minimum absolute atomic E-state index is 0.0751. The van der Waals surface area contributed by atoms with Crippen molar-refractivity contribution in [3.63, 3.8) is 0 Å². The van der Waals surface area contributed by atoms with Crippen molar-refractivity contribution in [3.05, 3.63) is 0 Å². The summed E-state index contributed by atoms with van der Waals surface area (Å²) in [4.78, 5) is 56.4. The van der Waals surface area contributed by atoms with E-state index in [0.717, 1.165) is 19.3 Å². The minimum atomic E-state index is -0.903. The van der Waals surface area contributed by atoms with Gasteiger partial charge in [-0.2, -0.15) is 0 Å². The van der Waals surface area contributed by atoms with E-state index in [4.69, 9.17) is 0 Å². The number of hydrogen-bond acceptors (Lipinski definition) is 4. The van der Waals surface area contributed by atoms with Gasteiger partial charge in [-0.1, -0.05) is 39.5 Å². The molecule has 8 nitrogen and oxygen atoms in total. The molecule has 0 bridgehead atoms. The fourth-order valence-corrected chi connectivity index (χ4v) is 5.96. The van der Waals surface area contributed by atoms with Gasteiger partial charge in [0.2, 0.25) is 11.8 Å². The Morgan fingerprint density at radius 1 is 1.00 bits per heavy atom. The Balaban J connectivity index is 1.35. The maximum Gasteiger partial charge on any atom is 0.325 e. The molecular formula is C24H38N4O4. The van der Waals surface area contributed by atoms with E-state index in [-0.39, 0.29) is 35.7 Å². The van der Waals surface area contributed by atoms with Gasteiger partial charge in [-0.25, -0.2) is 4.79 Å². The normalized spacial score (nSPS) is 26.3. The van der Waals surface area contributed by atoms with E-state index in [1.807, 2.05) is 18.7 Å². The third-order valence-corrected chi connectivity index (χ3v) is 7.97. The third kappa shape index (κ3) is 4.50. The lowest BCUT2D eigenvalue weighted by molar-refractivity contribution is -0.142. The van der Waals surface area contributed by atoms with E-state index in [2.05, 4.69) is 5.32 Å². The van der Waals surface area contributed by atoms with Crippen LogP contribution in [0.5, 0.6) is 0 Å². The van der Waals surface area contributed by atoms with Crippen LogP contribution in [-0.4, -0.2) is 76.2 Å². The first kappa shape index (κ1) is 23.1. The molecule has 1 saturated carbocycles. The molecule has 1 aliphatic carbocycles. The van der Waals surface area contributed by atoms with Crippen molar-refractivity contribution in [2.24, 2.45) is 11.8 Å². The molecule has 4 aliphatic rings. The lowest BCUT2D eigenvalue weighted by Crippen LogP contribution is -2.57. The number of nitrogens with one attached hydrogen (secondary N) is 1. The van der Waals surface area contributed by atoms with Gasteiger partial charge < -0.3 is 15.1 Å². The summed E-state index contributed by atoms with van der Waals surface area (Å²) in [6, 6.07) is -0.606. The van der Waals surface area contributed by atoms with Gasteiger partial charge in [0, 0.05) is 38.5 Å². The molecule has 32 heavy (non-hydrogen) atoms. The average molecular weight is 447 g/mol. The minimum Gasteiger partial charge on any atom is -0.342 e. The van der Waals surface area contributed by atoms with Gasteiger partial charge in [0.05, 0.1) is 6.04 Å². The highest BCUT2D eigenvalue weighted by Gasteiger charge is 2.55. The van der Waals surface area contributed by atoms with E-state index >= 15 is 0 Å². The highest BCUT2D eigenvalue weighted by Crippen LogP contribution is 2.33. The van der Waals surface area contributed by atoms with E-state index in [9.17, 15) is 19.2 Å². The molecule has 0 aromatic heterocycles. The van der Waals surface area contributed by atoms with Gasteiger partial charge in [0.1, 0.15) is 5.54 Å². The van der Waals surface area contributed by atoms with E-state index < -0.39 is 5.54 Å². The van der Waals surface area contributed by atoms with E-state index in [0.29, 0.717) is 51.4 Å². The number of rotatable bonds is 5. The fraction of sp³-hybridized carbons (Fsp3) is 0.833. The summed E-state index contributed by atoms with van der Waals surface area (Å²) in [6.45, 7) is 5.86. The molecule has 1 spiro atoms. The van der Waals surface area contributed by atoms with Crippen molar-refractivity contribution < 1.29 is 19.2 Å². The fourth-order valence-electron chi connectivity index (χ4n) is 5.96. The molecule has 3 saturated heterocycles. The Kier molecular flexibility index (Phi) is 6.77. The van der Waals surface area contributed by atoms with Crippen LogP contribution in [0.4, 0.5) is 4.79 Å². The summed E-state index contributed by atoms with van der Waals surface area (Å²) in [7, 11) is 0. The summed E-state index contributed by atoms with van der Waals surface area (Å²) in [6.07, 6.45) is 9.00. The third-order valence-electron chi connectivity index (χ3n) is 7.97. The Morgan fingerprint density at radius 2 is 1.69 bits per heavy atom. The van der Waals surface area contributed by atoms with Crippen LogP contribution < -0.4 is 5.32 Å². The molecule has 1 atom stereocenters. The second kappa shape index (κ2) is 9.40. The van der Waals surface area contributed by atoms with Gasteiger partial charge in [-0.15, -0.1) is 0 Å². The Labute approximate surface area is 191 Å². The van der Waals surface area contributed by atoms with Crippen LogP contribution >= 0.6 is 0 Å². The zero-order valence-corrected chi connectivity index (χ0v) is 19.6. The zero-order chi connectivity index (χ0) is 22.9. The molecule has 1 N–H and O–H groups in total. The van der Waals surface area contributed by atoms with Gasteiger partial charge in [-0.3, -0.25) is 19.3 Å². The van der Waals surface area contributed by atoms with Crippen molar-refractivity contribution in [2.45, 2.75) is 89.6 Å². The highest BCUT2D eigenvalue weighted by atomic mass is 16.2. The number of nitrogens with zero attached hydrogens (tertiary/aromatic N) is 3. The predicted molar refractivity (Wildman–Crippen MR) is 120 cm³/mol. The Bertz CT molecular complexity index is 753. The van der Waals surface area contributed by atoms with Crippen molar-refractivity contribution in [2.75, 3.05) is 26.2 Å². The van der Waals surface area contributed by atoms with Crippen molar-refractivity contribution in [3.8, 4) is 0 Å². The van der Waals surface area contributed by atoms with Crippen LogP contribution in [0.25, 0.3) is 0 Å². The summed E-state index contributed by atoms with van der Waals surface area (Å²) in [5.41, 5.74) is -0.903. The number of urea groups is 1. The quantitative estimate of drug-likeness (QED) is 0.657. The number of imide groups is 1. The molecule has 3 aliphatic heterocycles. The summed E-state index contributed by atoms with van der Waals surface area (Å²) in [5.74, 6) is 0.674. The lowest BCUT2D eigenvalue weighted by Gasteiger charge is -2.39. The number of amides is 5. The Hall–Kier alpha value is -2.12. The molecule has 5 amide bonds. The first-order valence-corrected chi connectivity index (χ1v) is 12.5. The van der Waals surface area contributed by atoms with Crippen LogP contribution in [0.1, 0.15) is 78.1 Å². The van der Waals surface area contributed by atoms with Gasteiger partial charge in [0.25, 0.3) is 5.91 Å². The SMILES string of the molecule is CC(C)C(=O)N1CCC2(CC1)NC(=O)N([C@@H]1CCCN(C(=O)CCC3CCCC3)C1)C2=O. The lowest BCUT2D eigenvalue weighted by atomic mass is 9.86. The monoisotopic (exact) mass is 446 g/mol. The molecular weight excluding hydrogens is 408 g/mol. The van der Waals surface area contributed by atoms with Crippen molar-refractivity contribution in [1.29, 1.82) is 0 Å². The predicted octanol–water partition coefficient (Wildman–Crippen LogP) is 2.52. The number of piperidine rings is 2. The Morgan fingerprint density at radius 3 is 2.34 bits per heavy atom. The van der Waals surface area contributed by atoms with Crippen LogP contribution in [0.15, 0.2) is 0 Å². The number of likely N-dealkylation sites (tertiary alicyclic amines) is 2. The molecule has 4 fully saturated rings. The highest BCUT2D eigenvalue weighted by molar-refractivity contribution is 6.07. The standard InChI is InChI=1S/C24H38N4O4/c1-17(2)21(30)26-14-11-24(12-15-26)22(31)28(23(32)25-24)19-8-5-13-27(16-19)20(29)10-9-18-6-3-4-7-18/h17-19H,3-16H2,1-2H3,(H,25,32)/t19-/m1/s1. The van der Waals surface area contributed by atoms with Crippen LogP contribution in [0.3, 0.4) is 0 Å². The molecule has 3 heterocycles. The number of carbonyl (C=O) groups excluding carboxylic acids is 4. The first-order valence-electron chi connectivity index (χ1n) is 12.5. The maximum atomic E-state index is 13.4. The molecule has 4 rings (SSSR count). The smallest absolute Gasteiger partial charge is 0.325 e. The van der Waals surface area contributed by atoms with Gasteiger partial charge in [0.15, 0.2) is 0 Å². The molecule has 8 heteroatoms. The maximum absolute atomic E-state index is 13.4. The zero-order valence-electron chi connectivity index (χ0n) is 19.6. The molecule has 0 radical (unpaired) electrons. The molecule has 0 unspecified atom stereocenters. The van der Waals surface area contributed by atoms with E-state index in [1.165, 1.54) is 30.6 Å². The molecule has 0 aromatic carbocycles. The van der Waals surface area contributed by atoms with Crippen molar-refractivity contribution >= 4 is 23.8 Å². The first-order chi connectivity index (χ1) is 15.3. The number of carbonyl (C=O) groups is 4. The van der Waals surface area contributed by atoms with E-state index in [1.54, 1.807) is 4.90 Å². The molecule has 0 aromatic rings. The summed E-state index contributed by atoms with van der Waals surface area (Å²) < 4.78 is 0. The summed E-state index contributed by atoms with van der Waals surface area (Å²) >= 11 is 0. The van der Waals surface area contributed by atoms with Crippen LogP contribution in [0.2, 0.25) is 0 Å². The largest absolute Gasteiger partial charge is 0.342 e. The van der Waals surface area contributed by atoms with Crippen LogP contribution in [0, 0.1) is 11.8 Å². The second-order valence-electron chi connectivity index (χ2n) is 10.5. The van der Waals surface area contributed by atoms with Gasteiger partial charge in [-0.05, 0) is 38.0 Å². The molecule has 178 valence electrons. The average Bonchev–Trinajstić information content (AvgIpc) is 3.38. The topological polar surface area (TPSA) is 90.0 Å². The van der Waals surface area contributed by atoms with Crippen molar-refractivity contribution in [1.82, 2.24) is 20.0 Å².